The first-order chi connectivity index (χ1) is 11.7. The molecule has 2 heterocycles. The van der Waals surface area contributed by atoms with Crippen molar-refractivity contribution < 1.29 is 9.84 Å². The second kappa shape index (κ2) is 7.95. The van der Waals surface area contributed by atoms with Crippen molar-refractivity contribution in [1.82, 2.24) is 14.5 Å². The molecule has 1 aliphatic heterocycles. The van der Waals surface area contributed by atoms with E-state index in [1.165, 1.54) is 0 Å². The molecule has 1 saturated heterocycles. The van der Waals surface area contributed by atoms with Crippen molar-refractivity contribution in [3.63, 3.8) is 0 Å². The van der Waals surface area contributed by atoms with Gasteiger partial charge < -0.3 is 19.3 Å². The number of hydrogen-bond acceptors (Lipinski definition) is 5. The lowest BCUT2D eigenvalue weighted by atomic mass is 10.0. The predicted octanol–water partition coefficient (Wildman–Crippen LogP) is 1.83. The van der Waals surface area contributed by atoms with E-state index in [1.54, 1.807) is 24.3 Å². The van der Waals surface area contributed by atoms with Crippen molar-refractivity contribution >= 4 is 0 Å². The van der Waals surface area contributed by atoms with Crippen molar-refractivity contribution in [2.75, 3.05) is 26.2 Å². The van der Waals surface area contributed by atoms with E-state index in [-0.39, 0.29) is 6.61 Å². The Hall–Kier alpha value is -2.36. The van der Waals surface area contributed by atoms with E-state index in [0.717, 1.165) is 25.9 Å². The molecule has 126 valence electrons. The van der Waals surface area contributed by atoms with E-state index in [1.807, 2.05) is 18.7 Å². The van der Waals surface area contributed by atoms with Gasteiger partial charge in [-0.15, -0.1) is 0 Å². The molecule has 1 fully saturated rings. The zero-order chi connectivity index (χ0) is 16.8. The average molecular weight is 326 g/mol. The molecular weight excluding hydrogens is 304 g/mol. The molecule has 6 nitrogen and oxygen atoms in total. The summed E-state index contributed by atoms with van der Waals surface area (Å²) >= 11 is 0. The number of β-amino-alcohol motifs (C(OH)–C–C–N with tert-alkyl or cyclic N) is 1. The molecule has 0 bridgehead atoms. The Morgan fingerprint density at radius 1 is 1.29 bits per heavy atom. The van der Waals surface area contributed by atoms with Crippen molar-refractivity contribution in [3.05, 3.63) is 48.5 Å². The number of nitrogens with zero attached hydrogens (tertiary/aromatic N) is 4. The van der Waals surface area contributed by atoms with Gasteiger partial charge in [0.05, 0.1) is 18.0 Å². The maximum atomic E-state index is 10.2. The fourth-order valence-corrected chi connectivity index (χ4v) is 3.05. The monoisotopic (exact) mass is 326 g/mol. The minimum absolute atomic E-state index is 0.257. The van der Waals surface area contributed by atoms with Crippen LogP contribution < -0.4 is 4.74 Å². The van der Waals surface area contributed by atoms with E-state index >= 15 is 0 Å². The van der Waals surface area contributed by atoms with Crippen LogP contribution >= 0.6 is 0 Å². The number of benzene rings is 1. The molecule has 2 aromatic rings. The van der Waals surface area contributed by atoms with E-state index in [9.17, 15) is 5.11 Å². The number of likely N-dealkylation sites (tertiary alicyclic amines) is 1. The first kappa shape index (κ1) is 16.5. The molecule has 1 N–H and O–H groups in total. The summed E-state index contributed by atoms with van der Waals surface area (Å²) in [7, 11) is 0. The number of imidazole rings is 1. The summed E-state index contributed by atoms with van der Waals surface area (Å²) in [5.74, 6) is 0.673. The summed E-state index contributed by atoms with van der Waals surface area (Å²) < 4.78 is 7.76. The molecule has 1 unspecified atom stereocenters. The van der Waals surface area contributed by atoms with Crippen LogP contribution in [-0.2, 0) is 0 Å². The van der Waals surface area contributed by atoms with Crippen LogP contribution in [0.4, 0.5) is 0 Å². The quantitative estimate of drug-likeness (QED) is 0.876. The fraction of sp³-hybridized carbons (Fsp3) is 0.444. The highest BCUT2D eigenvalue weighted by molar-refractivity contribution is 5.34. The smallest absolute Gasteiger partial charge is 0.119 e. The summed E-state index contributed by atoms with van der Waals surface area (Å²) in [4.78, 5) is 6.38. The molecule has 3 rings (SSSR count). The molecule has 6 heteroatoms. The van der Waals surface area contributed by atoms with Gasteiger partial charge in [-0.25, -0.2) is 4.98 Å². The standard InChI is InChI=1S/C18H22N4O2/c19-11-15-1-3-18(4-2-15)24-13-17(23)12-21-8-5-16(6-9-21)22-10-7-20-14-22/h1-4,7,10,14,16-17,23H,5-6,8-9,12-13H2. The topological polar surface area (TPSA) is 74.3 Å². The van der Waals surface area contributed by atoms with Crippen LogP contribution in [0.2, 0.25) is 0 Å². The highest BCUT2D eigenvalue weighted by atomic mass is 16.5. The Balaban J connectivity index is 1.39. The number of aliphatic hydroxyl groups is 1. The molecule has 0 saturated carbocycles. The highest BCUT2D eigenvalue weighted by Crippen LogP contribution is 2.22. The van der Waals surface area contributed by atoms with E-state index in [0.29, 0.717) is 23.9 Å². The van der Waals surface area contributed by atoms with Gasteiger partial charge in [0.2, 0.25) is 0 Å². The number of piperidine rings is 1. The van der Waals surface area contributed by atoms with Crippen LogP contribution in [0.1, 0.15) is 24.4 Å². The second-order valence-corrected chi connectivity index (χ2v) is 6.14. The van der Waals surface area contributed by atoms with Crippen LogP contribution in [0.15, 0.2) is 43.0 Å². The van der Waals surface area contributed by atoms with Crippen LogP contribution in [0, 0.1) is 11.3 Å². The van der Waals surface area contributed by atoms with Crippen molar-refractivity contribution in [3.8, 4) is 11.8 Å². The largest absolute Gasteiger partial charge is 0.491 e. The summed E-state index contributed by atoms with van der Waals surface area (Å²) in [5, 5.41) is 18.9. The van der Waals surface area contributed by atoms with E-state index in [4.69, 9.17) is 10.00 Å². The third-order valence-electron chi connectivity index (χ3n) is 4.40. The molecule has 0 aliphatic carbocycles. The predicted molar refractivity (Wildman–Crippen MR) is 89.6 cm³/mol. The van der Waals surface area contributed by atoms with E-state index in [2.05, 4.69) is 20.5 Å². The Kier molecular flexibility index (Phi) is 5.47. The number of hydrogen-bond donors (Lipinski definition) is 1. The lowest BCUT2D eigenvalue weighted by Gasteiger charge is -2.33. The molecule has 1 aromatic heterocycles. The minimum Gasteiger partial charge on any atom is -0.491 e. The first-order valence-corrected chi connectivity index (χ1v) is 8.25. The van der Waals surface area contributed by atoms with Crippen LogP contribution in [0.25, 0.3) is 0 Å². The summed E-state index contributed by atoms with van der Waals surface area (Å²) in [6.07, 6.45) is 7.32. The van der Waals surface area contributed by atoms with Crippen LogP contribution in [0.5, 0.6) is 5.75 Å². The molecule has 1 aliphatic rings. The molecule has 1 atom stereocenters. The van der Waals surface area contributed by atoms with Gasteiger partial charge in [-0.1, -0.05) is 0 Å². The number of rotatable bonds is 6. The SMILES string of the molecule is N#Cc1ccc(OCC(O)CN2CCC(n3ccnc3)CC2)cc1. The summed E-state index contributed by atoms with van der Waals surface area (Å²) in [6.45, 7) is 2.81. The molecule has 0 radical (unpaired) electrons. The first-order valence-electron chi connectivity index (χ1n) is 8.25. The van der Waals surface area contributed by atoms with Gasteiger partial charge in [-0.05, 0) is 37.1 Å². The zero-order valence-electron chi connectivity index (χ0n) is 13.6. The summed E-state index contributed by atoms with van der Waals surface area (Å²) in [6, 6.07) is 9.51. The van der Waals surface area contributed by atoms with Crippen molar-refractivity contribution in [1.29, 1.82) is 5.26 Å². The molecule has 0 spiro atoms. The van der Waals surface area contributed by atoms with Gasteiger partial charge in [0, 0.05) is 38.1 Å². The van der Waals surface area contributed by atoms with Gasteiger partial charge in [0.1, 0.15) is 18.5 Å². The van der Waals surface area contributed by atoms with Crippen LogP contribution in [-0.4, -0.2) is 51.9 Å². The Morgan fingerprint density at radius 2 is 2.04 bits per heavy atom. The highest BCUT2D eigenvalue weighted by Gasteiger charge is 2.21. The van der Waals surface area contributed by atoms with Gasteiger partial charge in [0.15, 0.2) is 0 Å². The average Bonchev–Trinajstić information content (AvgIpc) is 3.16. The summed E-state index contributed by atoms with van der Waals surface area (Å²) in [5.41, 5.74) is 0.601. The van der Waals surface area contributed by atoms with Gasteiger partial charge in [0.25, 0.3) is 0 Å². The molecular formula is C18H22N4O2. The van der Waals surface area contributed by atoms with Crippen LogP contribution in [0.3, 0.4) is 0 Å². The molecule has 24 heavy (non-hydrogen) atoms. The maximum absolute atomic E-state index is 10.2. The van der Waals surface area contributed by atoms with Crippen molar-refractivity contribution in [2.45, 2.75) is 25.0 Å². The maximum Gasteiger partial charge on any atom is 0.119 e. The van der Waals surface area contributed by atoms with Gasteiger partial charge in [-0.3, -0.25) is 0 Å². The Morgan fingerprint density at radius 3 is 2.67 bits per heavy atom. The Labute approximate surface area is 141 Å². The third-order valence-corrected chi connectivity index (χ3v) is 4.40. The van der Waals surface area contributed by atoms with Crippen molar-refractivity contribution in [2.24, 2.45) is 0 Å². The lowest BCUT2D eigenvalue weighted by Crippen LogP contribution is -2.41. The lowest BCUT2D eigenvalue weighted by molar-refractivity contribution is 0.0558. The van der Waals surface area contributed by atoms with Gasteiger partial charge >= 0.3 is 0 Å². The second-order valence-electron chi connectivity index (χ2n) is 6.14. The Bertz CT molecular complexity index is 655. The third kappa shape index (κ3) is 4.34. The number of ether oxygens (including phenoxy) is 1. The fourth-order valence-electron chi connectivity index (χ4n) is 3.05. The normalized spacial score (nSPS) is 17.3. The molecule has 1 aromatic carbocycles. The van der Waals surface area contributed by atoms with E-state index < -0.39 is 6.10 Å². The zero-order valence-corrected chi connectivity index (χ0v) is 13.6. The number of aromatic nitrogens is 2. The number of nitriles is 1. The molecule has 0 amide bonds. The van der Waals surface area contributed by atoms with Gasteiger partial charge in [-0.2, -0.15) is 5.26 Å². The minimum atomic E-state index is -0.523. The number of aliphatic hydroxyl groups excluding tert-OH is 1.